The number of hydrogen-bond donors (Lipinski definition) is 1. The molecule has 0 saturated carbocycles. The van der Waals surface area contributed by atoms with Gasteiger partial charge < -0.3 is 10.2 Å². The van der Waals surface area contributed by atoms with Crippen LogP contribution in [0.2, 0.25) is 0 Å². The highest BCUT2D eigenvalue weighted by molar-refractivity contribution is 6.05. The molecule has 0 radical (unpaired) electrons. The van der Waals surface area contributed by atoms with E-state index in [0.29, 0.717) is 5.56 Å². The highest BCUT2D eigenvalue weighted by Crippen LogP contribution is 2.56. The molecule has 356 valence electrons. The van der Waals surface area contributed by atoms with Crippen molar-refractivity contribution < 1.29 is 0 Å². The summed E-state index contributed by atoms with van der Waals surface area (Å²) in [6, 6.07) is 95.0. The van der Waals surface area contributed by atoms with Gasteiger partial charge in [-0.1, -0.05) is 182 Å². The summed E-state index contributed by atoms with van der Waals surface area (Å²) in [6.45, 7) is 0. The number of hydrogen-bond acceptors (Lipinski definition) is 5. The number of nitriles is 1. The van der Waals surface area contributed by atoms with Gasteiger partial charge in [0.1, 0.15) is 6.07 Å². The van der Waals surface area contributed by atoms with Crippen LogP contribution < -0.4 is 15.1 Å². The number of fused-ring (bicyclic) bond motifs is 10. The lowest BCUT2D eigenvalue weighted by molar-refractivity contribution is 0.808. The van der Waals surface area contributed by atoms with E-state index in [1.807, 2.05) is 12.1 Å². The van der Waals surface area contributed by atoms with Crippen LogP contribution in [0.25, 0.3) is 100 Å². The summed E-state index contributed by atoms with van der Waals surface area (Å²) in [6.07, 6.45) is -0.206. The maximum absolute atomic E-state index is 11.8. The van der Waals surface area contributed by atoms with Gasteiger partial charge in [-0.15, -0.1) is 0 Å². The van der Waals surface area contributed by atoms with Crippen molar-refractivity contribution in [2.45, 2.75) is 6.29 Å². The van der Waals surface area contributed by atoms with Crippen LogP contribution in [0, 0.1) is 11.3 Å². The first kappa shape index (κ1) is 43.2. The number of anilines is 5. The van der Waals surface area contributed by atoms with Crippen LogP contribution in [0.3, 0.4) is 0 Å². The molecule has 7 heteroatoms. The van der Waals surface area contributed by atoms with Crippen molar-refractivity contribution in [1.82, 2.24) is 14.0 Å². The maximum atomic E-state index is 11.8. The van der Waals surface area contributed by atoms with Gasteiger partial charge >= 0.3 is 0 Å². The molecule has 0 saturated heterocycles. The van der Waals surface area contributed by atoms with E-state index >= 15 is 0 Å². The number of para-hydroxylation sites is 2. The van der Waals surface area contributed by atoms with Crippen molar-refractivity contribution in [3.05, 3.63) is 266 Å². The molecular weight excluding hydrogens is 927 g/mol. The first-order valence-electron chi connectivity index (χ1n) is 25.7. The van der Waals surface area contributed by atoms with Crippen molar-refractivity contribution >= 4 is 56.3 Å². The fourth-order valence-electron chi connectivity index (χ4n) is 11.8. The lowest BCUT2D eigenvalue weighted by Gasteiger charge is -2.27. The summed E-state index contributed by atoms with van der Waals surface area (Å²) in [7, 11) is 0. The third-order valence-corrected chi connectivity index (χ3v) is 15.3. The molecule has 4 heterocycles. The average molecular weight is 972 g/mol. The highest BCUT2D eigenvalue weighted by Gasteiger charge is 2.43. The second kappa shape index (κ2) is 17.4. The van der Waals surface area contributed by atoms with Crippen LogP contribution in [0.4, 0.5) is 28.4 Å². The van der Waals surface area contributed by atoms with Crippen molar-refractivity contribution in [2.24, 2.45) is 0 Å². The Bertz CT molecular complexity index is 4430. The maximum Gasteiger partial charge on any atom is 0.220 e. The predicted molar refractivity (Wildman–Crippen MR) is 311 cm³/mol. The Morgan fingerprint density at radius 1 is 0.382 bits per heavy atom. The van der Waals surface area contributed by atoms with Gasteiger partial charge in [-0.05, 0) is 134 Å². The summed E-state index contributed by atoms with van der Waals surface area (Å²) in [5, 5.41) is 15.7. The molecule has 76 heavy (non-hydrogen) atoms. The van der Waals surface area contributed by atoms with Crippen molar-refractivity contribution in [1.29, 1.82) is 5.26 Å². The molecule has 0 spiro atoms. The summed E-state index contributed by atoms with van der Waals surface area (Å²) in [5.74, 6) is 0.828. The van der Waals surface area contributed by atoms with Gasteiger partial charge in [0, 0.05) is 22.5 Å². The topological polar surface area (TPSA) is 64.5 Å². The second-order valence-corrected chi connectivity index (χ2v) is 19.5. The Balaban J connectivity index is 0.995. The van der Waals surface area contributed by atoms with Gasteiger partial charge in [0.2, 0.25) is 5.78 Å². The molecule has 11 aromatic carbocycles. The predicted octanol–water partition coefficient (Wildman–Crippen LogP) is 17.3. The van der Waals surface area contributed by atoms with E-state index in [1.54, 1.807) is 0 Å². The molecule has 2 aliphatic heterocycles. The van der Waals surface area contributed by atoms with Gasteiger partial charge in [-0.2, -0.15) is 5.26 Å². The van der Waals surface area contributed by atoms with Crippen molar-refractivity contribution in [2.75, 3.05) is 15.1 Å². The quantitative estimate of drug-likeness (QED) is 0.164. The summed E-state index contributed by atoms with van der Waals surface area (Å²) in [4.78, 5) is 10.2. The van der Waals surface area contributed by atoms with Gasteiger partial charge in [0.25, 0.3) is 0 Å². The van der Waals surface area contributed by atoms with Gasteiger partial charge in [-0.25, -0.2) is 4.98 Å². The number of benzene rings is 11. The molecule has 1 N–H and O–H groups in total. The molecule has 1 atom stereocenters. The lowest BCUT2D eigenvalue weighted by Crippen LogP contribution is -2.40. The zero-order valence-electron chi connectivity index (χ0n) is 41.1. The minimum absolute atomic E-state index is 0.206. The van der Waals surface area contributed by atoms with E-state index in [4.69, 9.17) is 4.98 Å². The van der Waals surface area contributed by atoms with Gasteiger partial charge in [0.05, 0.1) is 50.4 Å². The third kappa shape index (κ3) is 6.78. The monoisotopic (exact) mass is 971 g/mol. The van der Waals surface area contributed by atoms with Crippen LogP contribution in [-0.2, 0) is 0 Å². The molecule has 1 unspecified atom stereocenters. The van der Waals surface area contributed by atoms with Gasteiger partial charge in [0.15, 0.2) is 6.29 Å². The van der Waals surface area contributed by atoms with Crippen molar-refractivity contribution in [3.63, 3.8) is 0 Å². The zero-order chi connectivity index (χ0) is 50.3. The summed E-state index contributed by atoms with van der Waals surface area (Å²) < 4.78 is 4.57. The Hall–Kier alpha value is -10.4. The van der Waals surface area contributed by atoms with Crippen molar-refractivity contribution in [3.8, 4) is 78.5 Å². The largest absolute Gasteiger partial charge is 0.346 e. The minimum Gasteiger partial charge on any atom is -0.346 e. The average Bonchev–Trinajstić information content (AvgIpc) is 4.32. The van der Waals surface area contributed by atoms with Gasteiger partial charge in [-0.3, -0.25) is 13.9 Å². The molecule has 0 aliphatic carbocycles. The normalized spacial score (nSPS) is 13.4. The Morgan fingerprint density at radius 3 is 1.50 bits per heavy atom. The minimum atomic E-state index is -0.206. The van der Waals surface area contributed by atoms with E-state index < -0.39 is 0 Å². The third-order valence-electron chi connectivity index (χ3n) is 15.3. The highest BCUT2D eigenvalue weighted by atomic mass is 15.5. The number of aromatic nitrogens is 3. The molecule has 0 bridgehead atoms. The van der Waals surface area contributed by atoms with E-state index in [0.717, 1.165) is 129 Å². The SMILES string of the molecule is N#Cc1c(-c2ccccc2)c(-c2ccc3c(c2)N2c4cc(-c5ccccc5)ccc4NC2N3c2ccccc2)cc(-c2ccc3c(c2)n2c4cc(-c5ccccc5)ccc4nc2n3-c2ccccc2)c1-c1ccccc1. The van der Waals surface area contributed by atoms with Crippen LogP contribution >= 0.6 is 0 Å². The number of imidazole rings is 2. The Kier molecular flexibility index (Phi) is 9.87. The Labute approximate surface area is 439 Å². The van der Waals surface area contributed by atoms with Crippen LogP contribution in [0.1, 0.15) is 5.56 Å². The first-order valence-corrected chi connectivity index (χ1v) is 25.7. The second-order valence-electron chi connectivity index (χ2n) is 19.5. The molecule has 2 aromatic heterocycles. The van der Waals surface area contributed by atoms with E-state index in [9.17, 15) is 5.26 Å². The van der Waals surface area contributed by atoms with E-state index in [1.165, 1.54) is 0 Å². The fourth-order valence-corrected chi connectivity index (χ4v) is 11.8. The molecule has 2 aliphatic rings. The number of nitrogens with one attached hydrogen (secondary N) is 1. The first-order chi connectivity index (χ1) is 37.7. The summed E-state index contributed by atoms with van der Waals surface area (Å²) in [5.41, 5.74) is 23.2. The molecule has 0 amide bonds. The van der Waals surface area contributed by atoms with Crippen LogP contribution in [-0.4, -0.2) is 20.2 Å². The van der Waals surface area contributed by atoms with E-state index in [2.05, 4.69) is 279 Å². The smallest absolute Gasteiger partial charge is 0.220 e. The fraction of sp³-hybridized carbons (Fsp3) is 0.0145. The molecule has 15 rings (SSSR count). The molecular formula is C69H45N7. The molecule has 7 nitrogen and oxygen atoms in total. The lowest BCUT2D eigenvalue weighted by atomic mass is 9.81. The molecule has 13 aromatic rings. The number of rotatable bonds is 8. The standard InChI is InChI=1S/C69H45N7/c70-44-57-66(47-23-11-3-12-24-47)55(51-33-37-60-64(41-51)75-62-39-49(45-19-7-1-8-20-45)31-35-58(62)71-68(75)73(60)53-27-15-5-16-28-53)43-56(67(57)48-25-13-4-14-26-48)52-34-38-61-65(42-52)76-63-40-50(46-21-9-2-10-22-46)32-36-59(63)72-69(76)74(61)54-29-17-6-18-30-54/h1-43,68,71H. The number of nitrogens with zero attached hydrogens (tertiary/aromatic N) is 6. The molecule has 0 fully saturated rings. The van der Waals surface area contributed by atoms with E-state index in [-0.39, 0.29) is 6.29 Å². The van der Waals surface area contributed by atoms with Crippen LogP contribution in [0.5, 0.6) is 0 Å². The summed E-state index contributed by atoms with van der Waals surface area (Å²) >= 11 is 0. The zero-order valence-corrected chi connectivity index (χ0v) is 41.1. The Morgan fingerprint density at radius 2 is 0.882 bits per heavy atom. The van der Waals surface area contributed by atoms with Crippen LogP contribution in [0.15, 0.2) is 261 Å².